The Bertz CT molecular complexity index is 605. The predicted octanol–water partition coefficient (Wildman–Crippen LogP) is 1.39. The lowest BCUT2D eigenvalue weighted by molar-refractivity contribution is 0.0725. The van der Waals surface area contributed by atoms with Crippen LogP contribution >= 0.6 is 0 Å². The number of nitrogens with zero attached hydrogens (tertiary/aromatic N) is 2. The van der Waals surface area contributed by atoms with Crippen LogP contribution < -0.4 is 5.32 Å². The van der Waals surface area contributed by atoms with Gasteiger partial charge in [0.15, 0.2) is 0 Å². The molecule has 0 saturated heterocycles. The van der Waals surface area contributed by atoms with Gasteiger partial charge < -0.3 is 15.2 Å². The fourth-order valence-electron chi connectivity index (χ4n) is 2.29. The fraction of sp³-hybridized carbons (Fsp3) is 0.375. The molecule has 0 spiro atoms. The molecule has 0 radical (unpaired) electrons. The smallest absolute Gasteiger partial charge is 0.251 e. The van der Waals surface area contributed by atoms with Crippen LogP contribution in [-0.2, 0) is 4.74 Å². The van der Waals surface area contributed by atoms with E-state index in [1.165, 1.54) is 0 Å². The van der Waals surface area contributed by atoms with Crippen LogP contribution in [-0.4, -0.2) is 46.7 Å². The number of rotatable bonds is 7. The lowest BCUT2D eigenvalue weighted by Crippen LogP contribution is -2.50. The molecule has 2 rings (SSSR count). The van der Waals surface area contributed by atoms with Crippen LogP contribution in [0.2, 0.25) is 0 Å². The Kier molecular flexibility index (Phi) is 5.30. The summed E-state index contributed by atoms with van der Waals surface area (Å²) in [5, 5.41) is 16.2. The van der Waals surface area contributed by atoms with Gasteiger partial charge in [-0.25, -0.2) is 4.68 Å². The molecule has 6 heteroatoms. The highest BCUT2D eigenvalue weighted by atomic mass is 16.5. The SMILES string of the molecule is COCC(C)(CCO)NC(=O)c1cccc(-n2cccn2)c1. The fourth-order valence-corrected chi connectivity index (χ4v) is 2.29. The normalized spacial score (nSPS) is 13.6. The maximum absolute atomic E-state index is 12.5. The molecule has 2 aromatic rings. The van der Waals surface area contributed by atoms with Crippen molar-refractivity contribution < 1.29 is 14.6 Å². The molecule has 0 bridgehead atoms. The topological polar surface area (TPSA) is 76.4 Å². The molecule has 1 aromatic carbocycles. The zero-order valence-corrected chi connectivity index (χ0v) is 12.8. The van der Waals surface area contributed by atoms with Gasteiger partial charge >= 0.3 is 0 Å². The number of hydrogen-bond acceptors (Lipinski definition) is 4. The molecule has 118 valence electrons. The highest BCUT2D eigenvalue weighted by molar-refractivity contribution is 5.95. The monoisotopic (exact) mass is 303 g/mol. The zero-order chi connectivity index (χ0) is 16.0. The summed E-state index contributed by atoms with van der Waals surface area (Å²) >= 11 is 0. The number of carbonyl (C=O) groups excluding carboxylic acids is 1. The summed E-state index contributed by atoms with van der Waals surface area (Å²) in [6, 6.07) is 9.03. The van der Waals surface area contributed by atoms with Crippen molar-refractivity contribution in [3.63, 3.8) is 0 Å². The lowest BCUT2D eigenvalue weighted by atomic mass is 9.98. The Morgan fingerprint density at radius 1 is 1.45 bits per heavy atom. The number of ether oxygens (including phenoxy) is 1. The van der Waals surface area contributed by atoms with Gasteiger partial charge in [-0.1, -0.05) is 6.07 Å². The van der Waals surface area contributed by atoms with Crippen LogP contribution in [0.1, 0.15) is 23.7 Å². The van der Waals surface area contributed by atoms with Gasteiger partial charge in [0.05, 0.1) is 17.8 Å². The summed E-state index contributed by atoms with van der Waals surface area (Å²) in [6.07, 6.45) is 3.92. The van der Waals surface area contributed by atoms with Crippen LogP contribution in [0, 0.1) is 0 Å². The average molecular weight is 303 g/mol. The molecule has 1 aromatic heterocycles. The van der Waals surface area contributed by atoms with Crippen LogP contribution in [0.5, 0.6) is 0 Å². The number of aliphatic hydroxyl groups excluding tert-OH is 1. The molecular formula is C16H21N3O3. The van der Waals surface area contributed by atoms with E-state index in [0.29, 0.717) is 18.6 Å². The van der Waals surface area contributed by atoms with E-state index >= 15 is 0 Å². The van der Waals surface area contributed by atoms with Crippen molar-refractivity contribution in [1.29, 1.82) is 0 Å². The third-order valence-electron chi connectivity index (χ3n) is 3.42. The van der Waals surface area contributed by atoms with Crippen molar-refractivity contribution in [2.75, 3.05) is 20.3 Å². The number of carbonyl (C=O) groups is 1. The van der Waals surface area contributed by atoms with Crippen LogP contribution in [0.25, 0.3) is 5.69 Å². The van der Waals surface area contributed by atoms with Crippen molar-refractivity contribution in [2.45, 2.75) is 18.9 Å². The summed E-state index contributed by atoms with van der Waals surface area (Å²) in [7, 11) is 1.57. The van der Waals surface area contributed by atoms with E-state index < -0.39 is 5.54 Å². The molecule has 0 aliphatic carbocycles. The molecule has 1 unspecified atom stereocenters. The van der Waals surface area contributed by atoms with Crippen LogP contribution in [0.15, 0.2) is 42.7 Å². The maximum atomic E-state index is 12.5. The average Bonchev–Trinajstić information content (AvgIpc) is 3.02. The first-order valence-corrected chi connectivity index (χ1v) is 7.10. The van der Waals surface area contributed by atoms with E-state index in [1.807, 2.05) is 31.3 Å². The van der Waals surface area contributed by atoms with Gasteiger partial charge in [0.2, 0.25) is 0 Å². The van der Waals surface area contributed by atoms with Crippen molar-refractivity contribution in [3.05, 3.63) is 48.3 Å². The molecule has 0 aliphatic rings. The minimum atomic E-state index is -0.609. The van der Waals surface area contributed by atoms with Gasteiger partial charge in [0.1, 0.15) is 0 Å². The van der Waals surface area contributed by atoms with Gasteiger partial charge in [-0.2, -0.15) is 5.10 Å². The summed E-state index contributed by atoms with van der Waals surface area (Å²) in [6.45, 7) is 2.16. The number of amides is 1. The lowest BCUT2D eigenvalue weighted by Gasteiger charge is -2.29. The first kappa shape index (κ1) is 16.2. The third kappa shape index (κ3) is 3.93. The number of benzene rings is 1. The molecular weight excluding hydrogens is 282 g/mol. The molecule has 1 heterocycles. The Morgan fingerprint density at radius 3 is 2.91 bits per heavy atom. The summed E-state index contributed by atoms with van der Waals surface area (Å²) in [4.78, 5) is 12.5. The molecule has 22 heavy (non-hydrogen) atoms. The van der Waals surface area contributed by atoms with Crippen LogP contribution in [0.3, 0.4) is 0 Å². The zero-order valence-electron chi connectivity index (χ0n) is 12.8. The van der Waals surface area contributed by atoms with Gasteiger partial charge in [-0.15, -0.1) is 0 Å². The van der Waals surface area contributed by atoms with Gasteiger partial charge in [-0.3, -0.25) is 4.79 Å². The molecule has 0 fully saturated rings. The molecule has 6 nitrogen and oxygen atoms in total. The minimum absolute atomic E-state index is 0.0204. The van der Waals surface area contributed by atoms with Gasteiger partial charge in [-0.05, 0) is 37.6 Å². The van der Waals surface area contributed by atoms with E-state index in [1.54, 1.807) is 30.1 Å². The van der Waals surface area contributed by atoms with Crippen molar-refractivity contribution in [2.24, 2.45) is 0 Å². The Labute approximate surface area is 129 Å². The van der Waals surface area contributed by atoms with Crippen molar-refractivity contribution >= 4 is 5.91 Å². The largest absolute Gasteiger partial charge is 0.396 e. The maximum Gasteiger partial charge on any atom is 0.251 e. The second-order valence-electron chi connectivity index (χ2n) is 5.42. The molecule has 0 aliphatic heterocycles. The quantitative estimate of drug-likeness (QED) is 0.810. The number of nitrogens with one attached hydrogen (secondary N) is 1. The Hall–Kier alpha value is -2.18. The molecule has 1 amide bonds. The number of hydrogen-bond donors (Lipinski definition) is 2. The van der Waals surface area contributed by atoms with Crippen LogP contribution in [0.4, 0.5) is 0 Å². The van der Waals surface area contributed by atoms with Crippen molar-refractivity contribution in [1.82, 2.24) is 15.1 Å². The van der Waals surface area contributed by atoms with E-state index in [-0.39, 0.29) is 12.5 Å². The molecule has 1 atom stereocenters. The molecule has 2 N–H and O–H groups in total. The number of aromatic nitrogens is 2. The second kappa shape index (κ2) is 7.20. The molecule has 0 saturated carbocycles. The van der Waals surface area contributed by atoms with E-state index in [9.17, 15) is 4.79 Å². The van der Waals surface area contributed by atoms with Gasteiger partial charge in [0, 0.05) is 31.7 Å². The third-order valence-corrected chi connectivity index (χ3v) is 3.42. The van der Waals surface area contributed by atoms with Gasteiger partial charge in [0.25, 0.3) is 5.91 Å². The summed E-state index contributed by atoms with van der Waals surface area (Å²) in [5.41, 5.74) is 0.740. The Morgan fingerprint density at radius 2 is 2.27 bits per heavy atom. The minimum Gasteiger partial charge on any atom is -0.396 e. The summed E-state index contributed by atoms with van der Waals surface area (Å²) < 4.78 is 6.83. The van der Waals surface area contributed by atoms with E-state index in [2.05, 4.69) is 10.4 Å². The highest BCUT2D eigenvalue weighted by Crippen LogP contribution is 2.14. The first-order chi connectivity index (χ1) is 10.6. The second-order valence-corrected chi connectivity index (χ2v) is 5.42. The highest BCUT2D eigenvalue weighted by Gasteiger charge is 2.26. The summed E-state index contributed by atoms with van der Waals surface area (Å²) in [5.74, 6) is -0.206. The Balaban J connectivity index is 2.17. The number of methoxy groups -OCH3 is 1. The van der Waals surface area contributed by atoms with E-state index in [4.69, 9.17) is 9.84 Å². The first-order valence-electron chi connectivity index (χ1n) is 7.10. The van der Waals surface area contributed by atoms with Crippen molar-refractivity contribution in [3.8, 4) is 5.69 Å². The van der Waals surface area contributed by atoms with E-state index in [0.717, 1.165) is 5.69 Å². The predicted molar refractivity (Wildman–Crippen MR) is 83.0 cm³/mol. The number of aliphatic hydroxyl groups is 1. The standard InChI is InChI=1S/C16H21N3O3/c1-16(7-10-20,12-22-2)18-15(21)13-5-3-6-14(11-13)19-9-4-8-17-19/h3-6,8-9,11,20H,7,10,12H2,1-2H3,(H,18,21).